The number of aryl methyl sites for hydroxylation is 1. The second-order valence-electron chi connectivity index (χ2n) is 7.06. The molecule has 0 atom stereocenters. The average Bonchev–Trinajstić information content (AvgIpc) is 3.30. The zero-order valence-electron chi connectivity index (χ0n) is 17.8. The maximum Gasteiger partial charge on any atom is 0.224 e. The third-order valence-electron chi connectivity index (χ3n) is 4.69. The van der Waals surface area contributed by atoms with Crippen LogP contribution in [0, 0.1) is 0 Å². The predicted octanol–water partition coefficient (Wildman–Crippen LogP) is 6.10. The molecule has 6 heteroatoms. The van der Waals surface area contributed by atoms with Gasteiger partial charge in [0.15, 0.2) is 11.7 Å². The number of oxazole rings is 1. The summed E-state index contributed by atoms with van der Waals surface area (Å²) in [6.45, 7) is 2.57. The van der Waals surface area contributed by atoms with Crippen LogP contribution in [-0.2, 0) is 11.2 Å². The van der Waals surface area contributed by atoms with E-state index in [2.05, 4.69) is 10.3 Å². The molecule has 0 aliphatic heterocycles. The number of aromatic nitrogens is 1. The number of hydrogen-bond acceptors (Lipinski definition) is 5. The van der Waals surface area contributed by atoms with E-state index in [9.17, 15) is 4.79 Å². The summed E-state index contributed by atoms with van der Waals surface area (Å²) < 4.78 is 17.0. The van der Waals surface area contributed by atoms with E-state index < -0.39 is 0 Å². The Bertz CT molecular complexity index is 1140. The van der Waals surface area contributed by atoms with Crippen LogP contribution in [0.15, 0.2) is 89.5 Å². The highest BCUT2D eigenvalue weighted by atomic mass is 16.5. The molecule has 3 aromatic carbocycles. The van der Waals surface area contributed by atoms with E-state index in [1.165, 1.54) is 0 Å². The van der Waals surface area contributed by atoms with Gasteiger partial charge in [-0.25, -0.2) is 4.98 Å². The van der Waals surface area contributed by atoms with Crippen LogP contribution < -0.4 is 14.8 Å². The molecule has 162 valence electrons. The number of carbonyl (C=O) groups is 1. The summed E-state index contributed by atoms with van der Waals surface area (Å²) in [5.41, 5.74) is 1.62. The van der Waals surface area contributed by atoms with Gasteiger partial charge < -0.3 is 19.2 Å². The smallest absolute Gasteiger partial charge is 0.224 e. The second kappa shape index (κ2) is 10.3. The summed E-state index contributed by atoms with van der Waals surface area (Å²) in [6.07, 6.45) is 2.36. The normalized spacial score (nSPS) is 10.5. The molecule has 1 heterocycles. The monoisotopic (exact) mass is 428 g/mol. The van der Waals surface area contributed by atoms with Crippen molar-refractivity contribution in [3.8, 4) is 28.6 Å². The third kappa shape index (κ3) is 5.76. The number of carbonyl (C=O) groups excluding carboxylic acids is 1. The maximum absolute atomic E-state index is 12.3. The van der Waals surface area contributed by atoms with Crippen LogP contribution >= 0.6 is 0 Å². The van der Waals surface area contributed by atoms with Gasteiger partial charge in [0.1, 0.15) is 17.2 Å². The second-order valence-corrected chi connectivity index (χ2v) is 7.06. The number of para-hydroxylation sites is 1. The number of nitrogens with one attached hydrogen (secondary N) is 1. The van der Waals surface area contributed by atoms with Crippen molar-refractivity contribution >= 4 is 11.6 Å². The van der Waals surface area contributed by atoms with Crippen LogP contribution in [-0.4, -0.2) is 17.5 Å². The molecule has 0 saturated heterocycles. The van der Waals surface area contributed by atoms with Gasteiger partial charge in [0, 0.05) is 24.1 Å². The molecule has 1 N–H and O–H groups in total. The molecule has 0 bridgehead atoms. The molecular formula is C26H24N2O4. The molecule has 0 unspecified atom stereocenters. The van der Waals surface area contributed by atoms with Gasteiger partial charge in [-0.2, -0.15) is 0 Å². The number of rotatable bonds is 9. The molecule has 4 aromatic rings. The minimum Gasteiger partial charge on any atom is -0.494 e. The lowest BCUT2D eigenvalue weighted by Crippen LogP contribution is -2.12. The van der Waals surface area contributed by atoms with E-state index in [1.54, 1.807) is 6.20 Å². The number of nitrogens with zero attached hydrogens (tertiary/aromatic N) is 1. The summed E-state index contributed by atoms with van der Waals surface area (Å²) in [4.78, 5) is 16.6. The summed E-state index contributed by atoms with van der Waals surface area (Å²) in [5, 5.41) is 2.88. The summed E-state index contributed by atoms with van der Waals surface area (Å²) in [7, 11) is 0. The molecule has 1 aromatic heterocycles. The predicted molar refractivity (Wildman–Crippen MR) is 123 cm³/mol. The fourth-order valence-electron chi connectivity index (χ4n) is 3.12. The standard InChI is InChI=1S/C26H24N2O4/c1-2-30-21-12-8-19(9-13-21)24-18-27-26(32-24)17-16-25(29)28-20-10-14-23(15-11-20)31-22-6-4-3-5-7-22/h3-15,18H,2,16-17H2,1H3,(H,28,29). The SMILES string of the molecule is CCOc1ccc(-c2cnc(CCC(=O)Nc3ccc(Oc4ccccc4)cc3)o2)cc1. The molecule has 0 fully saturated rings. The van der Waals surface area contributed by atoms with Gasteiger partial charge >= 0.3 is 0 Å². The molecule has 0 aliphatic carbocycles. The average molecular weight is 428 g/mol. The fourth-order valence-corrected chi connectivity index (χ4v) is 3.12. The van der Waals surface area contributed by atoms with Crippen molar-refractivity contribution in [1.82, 2.24) is 4.98 Å². The van der Waals surface area contributed by atoms with Crippen molar-refractivity contribution in [2.45, 2.75) is 19.8 Å². The van der Waals surface area contributed by atoms with Crippen LogP contribution in [0.5, 0.6) is 17.2 Å². The van der Waals surface area contributed by atoms with E-state index in [1.807, 2.05) is 85.8 Å². The number of benzene rings is 3. The van der Waals surface area contributed by atoms with Gasteiger partial charge in [0.2, 0.25) is 5.91 Å². The Morgan fingerprint density at radius 1 is 0.906 bits per heavy atom. The third-order valence-corrected chi connectivity index (χ3v) is 4.69. The Labute approximate surface area is 186 Å². The molecule has 6 nitrogen and oxygen atoms in total. The van der Waals surface area contributed by atoms with Crippen LogP contribution in [0.4, 0.5) is 5.69 Å². The topological polar surface area (TPSA) is 73.6 Å². The fraction of sp³-hybridized carbons (Fsp3) is 0.154. The molecule has 4 rings (SSSR count). The molecule has 0 aliphatic rings. The molecule has 0 saturated carbocycles. The Hall–Kier alpha value is -4.06. The lowest BCUT2D eigenvalue weighted by molar-refractivity contribution is -0.116. The summed E-state index contributed by atoms with van der Waals surface area (Å²) in [6, 6.07) is 24.4. The van der Waals surface area contributed by atoms with Crippen LogP contribution in [0.1, 0.15) is 19.2 Å². The van der Waals surface area contributed by atoms with E-state index in [0.29, 0.717) is 36.1 Å². The molecule has 1 amide bonds. The lowest BCUT2D eigenvalue weighted by atomic mass is 10.2. The van der Waals surface area contributed by atoms with Crippen molar-refractivity contribution in [2.24, 2.45) is 0 Å². The van der Waals surface area contributed by atoms with E-state index in [0.717, 1.165) is 17.1 Å². The van der Waals surface area contributed by atoms with Gasteiger partial charge in [-0.15, -0.1) is 0 Å². The number of ether oxygens (including phenoxy) is 2. The first kappa shape index (κ1) is 21.2. The van der Waals surface area contributed by atoms with E-state index in [-0.39, 0.29) is 12.3 Å². The Morgan fingerprint density at radius 3 is 2.31 bits per heavy atom. The molecular weight excluding hydrogens is 404 g/mol. The van der Waals surface area contributed by atoms with Crippen molar-refractivity contribution in [3.05, 3.63) is 91.0 Å². The zero-order valence-corrected chi connectivity index (χ0v) is 17.8. The van der Waals surface area contributed by atoms with Crippen molar-refractivity contribution in [1.29, 1.82) is 0 Å². The van der Waals surface area contributed by atoms with Crippen LogP contribution in [0.2, 0.25) is 0 Å². The van der Waals surface area contributed by atoms with Gasteiger partial charge in [-0.05, 0) is 67.6 Å². The highest BCUT2D eigenvalue weighted by Gasteiger charge is 2.10. The highest BCUT2D eigenvalue weighted by Crippen LogP contribution is 2.24. The van der Waals surface area contributed by atoms with Gasteiger partial charge in [-0.1, -0.05) is 18.2 Å². The van der Waals surface area contributed by atoms with Crippen molar-refractivity contribution in [3.63, 3.8) is 0 Å². The molecule has 0 radical (unpaired) electrons. The zero-order chi connectivity index (χ0) is 22.2. The van der Waals surface area contributed by atoms with E-state index >= 15 is 0 Å². The number of amides is 1. The van der Waals surface area contributed by atoms with Gasteiger partial charge in [0.05, 0.1) is 12.8 Å². The Morgan fingerprint density at radius 2 is 1.59 bits per heavy atom. The van der Waals surface area contributed by atoms with Crippen molar-refractivity contribution < 1.29 is 18.7 Å². The maximum atomic E-state index is 12.3. The Balaban J connectivity index is 1.27. The first-order valence-electron chi connectivity index (χ1n) is 10.5. The first-order chi connectivity index (χ1) is 15.7. The van der Waals surface area contributed by atoms with Crippen LogP contribution in [0.25, 0.3) is 11.3 Å². The quantitative estimate of drug-likeness (QED) is 0.348. The number of anilines is 1. The summed E-state index contributed by atoms with van der Waals surface area (Å²) in [5.74, 6) is 3.36. The minimum atomic E-state index is -0.109. The van der Waals surface area contributed by atoms with E-state index in [4.69, 9.17) is 13.9 Å². The minimum absolute atomic E-state index is 0.109. The first-order valence-corrected chi connectivity index (χ1v) is 10.5. The van der Waals surface area contributed by atoms with Crippen molar-refractivity contribution in [2.75, 3.05) is 11.9 Å². The highest BCUT2D eigenvalue weighted by molar-refractivity contribution is 5.90. The Kier molecular flexibility index (Phi) is 6.82. The van der Waals surface area contributed by atoms with Gasteiger partial charge in [-0.3, -0.25) is 4.79 Å². The molecule has 0 spiro atoms. The number of hydrogen-bond donors (Lipinski definition) is 1. The lowest BCUT2D eigenvalue weighted by Gasteiger charge is -2.08. The summed E-state index contributed by atoms with van der Waals surface area (Å²) >= 11 is 0. The molecule has 32 heavy (non-hydrogen) atoms. The van der Waals surface area contributed by atoms with Gasteiger partial charge in [0.25, 0.3) is 0 Å². The largest absolute Gasteiger partial charge is 0.494 e. The van der Waals surface area contributed by atoms with Crippen LogP contribution in [0.3, 0.4) is 0 Å².